The van der Waals surface area contributed by atoms with Crippen LogP contribution in [-0.2, 0) is 0 Å². The summed E-state index contributed by atoms with van der Waals surface area (Å²) in [6.07, 6.45) is 3.48. The molecule has 0 aliphatic carbocycles. The van der Waals surface area contributed by atoms with Gasteiger partial charge in [-0.05, 0) is 43.0 Å². The van der Waals surface area contributed by atoms with Crippen LogP contribution in [0.15, 0.2) is 61.2 Å². The van der Waals surface area contributed by atoms with Crippen LogP contribution in [0.4, 0.5) is 0 Å². The third-order valence-electron chi connectivity index (χ3n) is 3.95. The second-order valence-corrected chi connectivity index (χ2v) is 5.74. The minimum atomic E-state index is 0.0258. The smallest absolute Gasteiger partial charge is 0.194 e. The molecule has 0 aliphatic rings. The Balaban J connectivity index is 2.67. The lowest BCUT2D eigenvalue weighted by Crippen LogP contribution is -2.08. The normalized spacial score (nSPS) is 10.0. The van der Waals surface area contributed by atoms with Crippen molar-refractivity contribution in [3.8, 4) is 0 Å². The molecule has 0 amide bonds. The van der Waals surface area contributed by atoms with Crippen molar-refractivity contribution in [2.45, 2.75) is 20.8 Å². The number of carbonyl (C=O) groups excluding carboxylic acids is 1. The Labute approximate surface area is 138 Å². The Kier molecular flexibility index (Phi) is 5.13. The molecule has 1 nitrogen and oxygen atoms in total. The zero-order chi connectivity index (χ0) is 17.0. The van der Waals surface area contributed by atoms with Crippen molar-refractivity contribution in [1.82, 2.24) is 0 Å². The van der Waals surface area contributed by atoms with E-state index in [0.717, 1.165) is 33.4 Å². The number of rotatable bonds is 5. The fourth-order valence-electron chi connectivity index (χ4n) is 2.79. The molecule has 0 atom stereocenters. The zero-order valence-electron chi connectivity index (χ0n) is 14.0. The number of allylic oxidation sites excluding steroid dienone is 2. The summed E-state index contributed by atoms with van der Waals surface area (Å²) >= 11 is 0. The van der Waals surface area contributed by atoms with Gasteiger partial charge in [-0.1, -0.05) is 73.3 Å². The summed E-state index contributed by atoms with van der Waals surface area (Å²) in [7, 11) is 0. The van der Waals surface area contributed by atoms with E-state index in [1.54, 1.807) is 12.2 Å². The third kappa shape index (κ3) is 3.24. The van der Waals surface area contributed by atoms with E-state index < -0.39 is 0 Å². The van der Waals surface area contributed by atoms with Crippen molar-refractivity contribution in [3.05, 3.63) is 89.0 Å². The van der Waals surface area contributed by atoms with Gasteiger partial charge < -0.3 is 0 Å². The van der Waals surface area contributed by atoms with E-state index in [-0.39, 0.29) is 5.78 Å². The highest BCUT2D eigenvalue weighted by molar-refractivity contribution is 6.30. The van der Waals surface area contributed by atoms with Crippen LogP contribution in [0, 0.1) is 6.92 Å². The molecule has 0 radical (unpaired) electrons. The van der Waals surface area contributed by atoms with Gasteiger partial charge in [0.15, 0.2) is 5.78 Å². The molecule has 0 heterocycles. The van der Waals surface area contributed by atoms with E-state index in [0.29, 0.717) is 5.56 Å². The van der Waals surface area contributed by atoms with E-state index >= 15 is 0 Å². The first-order valence-corrected chi connectivity index (χ1v) is 7.67. The number of benzene rings is 2. The molecule has 23 heavy (non-hydrogen) atoms. The maximum atomic E-state index is 13.2. The van der Waals surface area contributed by atoms with Crippen molar-refractivity contribution in [2.24, 2.45) is 0 Å². The molecule has 0 fully saturated rings. The molecular formula is C22H22O. The molecule has 0 bridgehead atoms. The predicted octanol–water partition coefficient (Wildman–Crippen LogP) is 5.96. The number of hydrogen-bond donors (Lipinski definition) is 0. The van der Waals surface area contributed by atoms with Gasteiger partial charge in [-0.3, -0.25) is 4.79 Å². The Morgan fingerprint density at radius 3 is 2.13 bits per heavy atom. The summed E-state index contributed by atoms with van der Waals surface area (Å²) in [5, 5.41) is 0. The molecule has 2 aromatic rings. The molecule has 0 unspecified atom stereocenters. The van der Waals surface area contributed by atoms with Gasteiger partial charge in [0.1, 0.15) is 0 Å². The van der Waals surface area contributed by atoms with Crippen LogP contribution < -0.4 is 0 Å². The van der Waals surface area contributed by atoms with Gasteiger partial charge in [0.25, 0.3) is 0 Å². The van der Waals surface area contributed by atoms with Crippen LogP contribution in [0.3, 0.4) is 0 Å². The molecule has 2 aromatic carbocycles. The molecule has 1 heteroatoms. The minimum absolute atomic E-state index is 0.0258. The van der Waals surface area contributed by atoms with Crippen molar-refractivity contribution in [2.75, 3.05) is 0 Å². The number of aryl methyl sites for hydroxylation is 1. The molecule has 0 saturated heterocycles. The maximum Gasteiger partial charge on any atom is 0.194 e. The van der Waals surface area contributed by atoms with Gasteiger partial charge in [0, 0.05) is 11.1 Å². The molecule has 2 rings (SSSR count). The highest BCUT2D eigenvalue weighted by atomic mass is 16.1. The van der Waals surface area contributed by atoms with E-state index in [9.17, 15) is 4.79 Å². The molecule has 116 valence electrons. The van der Waals surface area contributed by atoms with Crippen molar-refractivity contribution in [1.29, 1.82) is 0 Å². The van der Waals surface area contributed by atoms with Gasteiger partial charge in [-0.15, -0.1) is 0 Å². The van der Waals surface area contributed by atoms with E-state index in [1.807, 2.05) is 63.2 Å². The first-order chi connectivity index (χ1) is 11.0. The Bertz CT molecular complexity index is 802. The van der Waals surface area contributed by atoms with E-state index in [1.165, 1.54) is 0 Å². The number of Topliss-reactive ketones (excluding diaryl/α,β-unsaturated/α-hetero) is 1. The molecular weight excluding hydrogens is 280 g/mol. The first kappa shape index (κ1) is 16.7. The van der Waals surface area contributed by atoms with Gasteiger partial charge in [0.2, 0.25) is 0 Å². The van der Waals surface area contributed by atoms with Crippen LogP contribution in [0.2, 0.25) is 0 Å². The standard InChI is InChI=1S/C22H22O/c1-6-17-12-10-14-20(18(17)7-2)22(23)21(15(3)4)19-13-9-8-11-16(19)5/h6-14H,1-2H2,3-5H3. The predicted molar refractivity (Wildman–Crippen MR) is 100 cm³/mol. The van der Waals surface area contributed by atoms with Gasteiger partial charge >= 0.3 is 0 Å². The summed E-state index contributed by atoms with van der Waals surface area (Å²) in [5.41, 5.74) is 6.25. The Morgan fingerprint density at radius 1 is 0.913 bits per heavy atom. The van der Waals surface area contributed by atoms with Crippen LogP contribution >= 0.6 is 0 Å². The summed E-state index contributed by atoms with van der Waals surface area (Å²) in [6.45, 7) is 13.7. The maximum absolute atomic E-state index is 13.2. The lowest BCUT2D eigenvalue weighted by atomic mass is 9.87. The lowest BCUT2D eigenvalue weighted by molar-refractivity contribution is 0.105. The number of hydrogen-bond acceptors (Lipinski definition) is 1. The number of carbonyl (C=O) groups is 1. The topological polar surface area (TPSA) is 17.1 Å². The zero-order valence-corrected chi connectivity index (χ0v) is 14.0. The highest BCUT2D eigenvalue weighted by Crippen LogP contribution is 2.29. The van der Waals surface area contributed by atoms with Crippen molar-refractivity contribution < 1.29 is 4.79 Å². The SMILES string of the molecule is C=Cc1cccc(C(=O)C(=C(C)C)c2ccccc2C)c1C=C. The molecule has 0 aromatic heterocycles. The lowest BCUT2D eigenvalue weighted by Gasteiger charge is -2.15. The molecule has 0 aliphatic heterocycles. The summed E-state index contributed by atoms with van der Waals surface area (Å²) in [4.78, 5) is 13.2. The average molecular weight is 302 g/mol. The van der Waals surface area contributed by atoms with E-state index in [2.05, 4.69) is 13.2 Å². The minimum Gasteiger partial charge on any atom is -0.289 e. The summed E-state index contributed by atoms with van der Waals surface area (Å²) in [6, 6.07) is 13.7. The Morgan fingerprint density at radius 2 is 1.57 bits per heavy atom. The molecule has 0 N–H and O–H groups in total. The van der Waals surface area contributed by atoms with E-state index in [4.69, 9.17) is 0 Å². The second kappa shape index (κ2) is 7.06. The van der Waals surface area contributed by atoms with Gasteiger partial charge in [0.05, 0.1) is 0 Å². The molecule has 0 spiro atoms. The second-order valence-electron chi connectivity index (χ2n) is 5.74. The average Bonchev–Trinajstić information content (AvgIpc) is 2.55. The van der Waals surface area contributed by atoms with Crippen molar-refractivity contribution in [3.63, 3.8) is 0 Å². The van der Waals surface area contributed by atoms with Crippen LogP contribution in [-0.4, -0.2) is 5.78 Å². The molecule has 0 saturated carbocycles. The van der Waals surface area contributed by atoms with Gasteiger partial charge in [-0.25, -0.2) is 0 Å². The largest absolute Gasteiger partial charge is 0.289 e. The van der Waals surface area contributed by atoms with Gasteiger partial charge in [-0.2, -0.15) is 0 Å². The van der Waals surface area contributed by atoms with Crippen LogP contribution in [0.1, 0.15) is 46.5 Å². The number of ketones is 1. The van der Waals surface area contributed by atoms with Crippen molar-refractivity contribution >= 4 is 23.5 Å². The quantitative estimate of drug-likeness (QED) is 0.492. The summed E-state index contributed by atoms with van der Waals surface area (Å²) < 4.78 is 0. The fraction of sp³-hybridized carbons (Fsp3) is 0.136. The van der Waals surface area contributed by atoms with Crippen LogP contribution in [0.25, 0.3) is 17.7 Å². The fourth-order valence-corrected chi connectivity index (χ4v) is 2.79. The van der Waals surface area contributed by atoms with Crippen LogP contribution in [0.5, 0.6) is 0 Å². The first-order valence-electron chi connectivity index (χ1n) is 7.67. The summed E-state index contributed by atoms with van der Waals surface area (Å²) in [5.74, 6) is 0.0258. The Hall–Kier alpha value is -2.67. The monoisotopic (exact) mass is 302 g/mol. The third-order valence-corrected chi connectivity index (χ3v) is 3.95. The highest BCUT2D eigenvalue weighted by Gasteiger charge is 2.20.